The van der Waals surface area contributed by atoms with Crippen molar-refractivity contribution in [2.75, 3.05) is 0 Å². The maximum atomic E-state index is 14.8. The molecule has 0 aliphatic heterocycles. The number of halogens is 1. The molecule has 0 spiro atoms. The molecule has 0 atom stereocenters. The average molecular weight is 360 g/mol. The van der Waals surface area contributed by atoms with Gasteiger partial charge in [-0.2, -0.15) is 0 Å². The Morgan fingerprint density at radius 3 is 2.37 bits per heavy atom. The van der Waals surface area contributed by atoms with Crippen molar-refractivity contribution in [3.8, 4) is 11.3 Å². The molecule has 1 aromatic heterocycles. The van der Waals surface area contributed by atoms with E-state index in [-0.39, 0.29) is 11.3 Å². The second kappa shape index (κ2) is 7.20. The van der Waals surface area contributed by atoms with E-state index in [1.807, 2.05) is 61.5 Å². The highest BCUT2D eigenvalue weighted by Gasteiger charge is 2.27. The van der Waals surface area contributed by atoms with Gasteiger partial charge in [0.1, 0.15) is 5.67 Å². The highest BCUT2D eigenvalue weighted by atomic mass is 19.1. The summed E-state index contributed by atoms with van der Waals surface area (Å²) in [7, 11) is 0. The molecule has 1 heterocycles. The van der Waals surface area contributed by atoms with Crippen molar-refractivity contribution in [3.05, 3.63) is 99.1 Å². The molecule has 0 aliphatic carbocycles. The van der Waals surface area contributed by atoms with Gasteiger partial charge >= 0.3 is 0 Å². The lowest BCUT2D eigenvalue weighted by molar-refractivity contribution is 0.222. The largest absolute Gasteiger partial charge is 0.313 e. The van der Waals surface area contributed by atoms with E-state index in [1.54, 1.807) is 10.6 Å². The van der Waals surface area contributed by atoms with Crippen molar-refractivity contribution < 1.29 is 4.39 Å². The third-order valence-electron chi connectivity index (χ3n) is 4.52. The molecular formula is C23H21FN2O. The Kier molecular flexibility index (Phi) is 4.96. The average Bonchev–Trinajstić information content (AvgIpc) is 2.63. The van der Waals surface area contributed by atoms with Gasteiger partial charge in [-0.15, -0.1) is 0 Å². The first kappa shape index (κ1) is 18.6. The zero-order valence-corrected chi connectivity index (χ0v) is 15.7. The summed E-state index contributed by atoms with van der Waals surface area (Å²) in [5, 5.41) is 0. The van der Waals surface area contributed by atoms with Gasteiger partial charge in [-0.25, -0.2) is 9.24 Å². The van der Waals surface area contributed by atoms with Gasteiger partial charge in [0.15, 0.2) is 0 Å². The van der Waals surface area contributed by atoms with E-state index in [4.69, 9.17) is 6.57 Å². The fourth-order valence-corrected chi connectivity index (χ4v) is 3.16. The third kappa shape index (κ3) is 3.83. The fraction of sp³-hybridized carbons (Fsp3) is 0.217. The van der Waals surface area contributed by atoms with E-state index >= 15 is 0 Å². The quantitative estimate of drug-likeness (QED) is 0.554. The van der Waals surface area contributed by atoms with Crippen LogP contribution in [0.3, 0.4) is 0 Å². The van der Waals surface area contributed by atoms with Crippen LogP contribution in [-0.4, -0.2) is 4.57 Å². The van der Waals surface area contributed by atoms with Gasteiger partial charge < -0.3 is 4.57 Å². The summed E-state index contributed by atoms with van der Waals surface area (Å²) >= 11 is 0. The third-order valence-corrected chi connectivity index (χ3v) is 4.52. The van der Waals surface area contributed by atoms with Gasteiger partial charge in [-0.3, -0.25) is 4.79 Å². The number of hydrogen-bond acceptors (Lipinski definition) is 1. The molecule has 0 radical (unpaired) electrons. The van der Waals surface area contributed by atoms with E-state index in [9.17, 15) is 9.18 Å². The fourth-order valence-electron chi connectivity index (χ4n) is 3.16. The molecule has 3 aromatic rings. The van der Waals surface area contributed by atoms with Crippen molar-refractivity contribution in [2.45, 2.75) is 33.0 Å². The number of hydrogen-bond donors (Lipinski definition) is 0. The number of rotatable bonds is 4. The van der Waals surface area contributed by atoms with E-state index in [0.29, 0.717) is 12.2 Å². The Hall–Kier alpha value is -3.19. The van der Waals surface area contributed by atoms with Crippen molar-refractivity contribution in [1.29, 1.82) is 0 Å². The van der Waals surface area contributed by atoms with Crippen LogP contribution in [0, 0.1) is 13.5 Å². The minimum absolute atomic E-state index is 0.128. The molecular weight excluding hydrogens is 339 g/mol. The first-order valence-electron chi connectivity index (χ1n) is 8.77. The molecule has 0 N–H and O–H groups in total. The summed E-state index contributed by atoms with van der Waals surface area (Å²) < 4.78 is 16.4. The number of benzene rings is 2. The first-order valence-corrected chi connectivity index (χ1v) is 8.77. The van der Waals surface area contributed by atoms with E-state index in [0.717, 1.165) is 16.7 Å². The Morgan fingerprint density at radius 2 is 1.78 bits per heavy atom. The normalized spacial score (nSPS) is 11.2. The van der Waals surface area contributed by atoms with Gasteiger partial charge in [0.25, 0.3) is 11.2 Å². The summed E-state index contributed by atoms with van der Waals surface area (Å²) in [6.07, 6.45) is 0. The first-order chi connectivity index (χ1) is 12.8. The van der Waals surface area contributed by atoms with Gasteiger partial charge in [0, 0.05) is 17.8 Å². The lowest BCUT2D eigenvalue weighted by Crippen LogP contribution is -2.26. The molecule has 0 unspecified atom stereocenters. The zero-order valence-electron chi connectivity index (χ0n) is 15.7. The maximum Gasteiger partial charge on any atom is 0.258 e. The standard InChI is InChI=1S/C23H21FN2O/c1-16-9-8-12-18(13-16)20-14-19(23(2,3)24)21(25-4)22(27)26(20)15-17-10-6-5-7-11-17/h5-14H,15H2,1-3H3. The van der Waals surface area contributed by atoms with Crippen LogP contribution >= 0.6 is 0 Å². The summed E-state index contributed by atoms with van der Waals surface area (Å²) in [6, 6.07) is 19.0. The van der Waals surface area contributed by atoms with Gasteiger partial charge in [0.2, 0.25) is 0 Å². The number of alkyl halides is 1. The summed E-state index contributed by atoms with van der Waals surface area (Å²) in [5.74, 6) is 0. The minimum Gasteiger partial charge on any atom is -0.313 e. The lowest BCUT2D eigenvalue weighted by Gasteiger charge is -2.21. The molecule has 0 saturated carbocycles. The summed E-state index contributed by atoms with van der Waals surface area (Å²) in [6.45, 7) is 12.5. The predicted molar refractivity (Wildman–Crippen MR) is 107 cm³/mol. The molecule has 136 valence electrons. The molecule has 0 fully saturated rings. The number of nitrogens with zero attached hydrogens (tertiary/aromatic N) is 2. The monoisotopic (exact) mass is 360 g/mol. The maximum absolute atomic E-state index is 14.8. The van der Waals surface area contributed by atoms with Gasteiger partial charge in [0.05, 0.1) is 6.57 Å². The van der Waals surface area contributed by atoms with E-state index in [2.05, 4.69) is 4.85 Å². The molecule has 2 aromatic carbocycles. The zero-order chi connectivity index (χ0) is 19.6. The molecule has 27 heavy (non-hydrogen) atoms. The second-order valence-electron chi connectivity index (χ2n) is 7.12. The highest BCUT2D eigenvalue weighted by molar-refractivity contribution is 5.67. The lowest BCUT2D eigenvalue weighted by atomic mass is 9.96. The van der Waals surface area contributed by atoms with Crippen LogP contribution in [0.1, 0.15) is 30.5 Å². The van der Waals surface area contributed by atoms with Crippen LogP contribution in [0.5, 0.6) is 0 Å². The SMILES string of the molecule is [C-]#[N+]c1c(C(C)(C)F)cc(-c2cccc(C)c2)n(Cc2ccccc2)c1=O. The molecule has 0 bridgehead atoms. The summed E-state index contributed by atoms with van der Waals surface area (Å²) in [4.78, 5) is 16.5. The van der Waals surface area contributed by atoms with Crippen molar-refractivity contribution in [1.82, 2.24) is 4.57 Å². The molecule has 0 aliphatic rings. The van der Waals surface area contributed by atoms with Crippen LogP contribution < -0.4 is 5.56 Å². The van der Waals surface area contributed by atoms with Crippen molar-refractivity contribution >= 4 is 5.69 Å². The van der Waals surface area contributed by atoms with Crippen molar-refractivity contribution in [3.63, 3.8) is 0 Å². The topological polar surface area (TPSA) is 26.4 Å². The van der Waals surface area contributed by atoms with E-state index < -0.39 is 11.2 Å². The number of pyridine rings is 1. The van der Waals surface area contributed by atoms with Gasteiger partial charge in [-0.1, -0.05) is 54.1 Å². The van der Waals surface area contributed by atoms with E-state index in [1.165, 1.54) is 13.8 Å². The van der Waals surface area contributed by atoms with Crippen LogP contribution in [0.2, 0.25) is 0 Å². The molecule has 3 nitrogen and oxygen atoms in total. The van der Waals surface area contributed by atoms with Crippen LogP contribution in [0.4, 0.5) is 10.1 Å². The number of aryl methyl sites for hydroxylation is 1. The van der Waals surface area contributed by atoms with Crippen LogP contribution in [-0.2, 0) is 12.2 Å². The Morgan fingerprint density at radius 1 is 1.07 bits per heavy atom. The second-order valence-corrected chi connectivity index (χ2v) is 7.12. The van der Waals surface area contributed by atoms with Crippen LogP contribution in [0.15, 0.2) is 65.5 Å². The molecule has 0 saturated heterocycles. The molecule has 4 heteroatoms. The highest BCUT2D eigenvalue weighted by Crippen LogP contribution is 2.34. The Bertz CT molecular complexity index is 1070. The number of aromatic nitrogens is 1. The van der Waals surface area contributed by atoms with Gasteiger partial charge in [-0.05, 0) is 44.0 Å². The summed E-state index contributed by atoms with van der Waals surface area (Å²) in [5.41, 5.74) is 1.14. The van der Waals surface area contributed by atoms with Crippen LogP contribution in [0.25, 0.3) is 16.1 Å². The molecule has 0 amide bonds. The Labute approximate surface area is 158 Å². The Balaban J connectivity index is 2.33. The smallest absolute Gasteiger partial charge is 0.258 e. The minimum atomic E-state index is -1.79. The molecule has 3 rings (SSSR count). The predicted octanol–water partition coefficient (Wildman–Crippen LogP) is 5.63. The van der Waals surface area contributed by atoms with Crippen molar-refractivity contribution in [2.24, 2.45) is 0 Å².